The predicted octanol–water partition coefficient (Wildman–Crippen LogP) is -0.388. The van der Waals surface area contributed by atoms with Crippen LogP contribution >= 0.6 is 0 Å². The quantitative estimate of drug-likeness (QED) is 0.615. The van der Waals surface area contributed by atoms with E-state index in [2.05, 4.69) is 10.4 Å². The van der Waals surface area contributed by atoms with Crippen molar-refractivity contribution in [3.8, 4) is 0 Å². The largest absolute Gasteiger partial charge is 0.380 e. The third-order valence-corrected chi connectivity index (χ3v) is 2.31. The van der Waals surface area contributed by atoms with Crippen LogP contribution in [0.25, 0.3) is 0 Å². The maximum absolute atomic E-state index is 5.28. The number of nitrogens with zero attached hydrogens (tertiary/aromatic N) is 1. The minimum Gasteiger partial charge on any atom is -0.380 e. The van der Waals surface area contributed by atoms with Crippen LogP contribution in [-0.2, 0) is 9.47 Å². The molecule has 12 heavy (non-hydrogen) atoms. The molecule has 2 rings (SSSR count). The number of rotatable bonds is 2. The van der Waals surface area contributed by atoms with Gasteiger partial charge in [0.25, 0.3) is 0 Å². The van der Waals surface area contributed by atoms with Crippen molar-refractivity contribution in [2.24, 2.45) is 0 Å². The van der Waals surface area contributed by atoms with Crippen LogP contribution < -0.4 is 5.43 Å². The zero-order valence-corrected chi connectivity index (χ0v) is 7.29. The minimum absolute atomic E-state index is 0.531. The maximum atomic E-state index is 5.28. The molecular weight excluding hydrogens is 156 g/mol. The Hall–Kier alpha value is -0.160. The van der Waals surface area contributed by atoms with E-state index in [-0.39, 0.29) is 0 Å². The first-order valence-corrected chi connectivity index (χ1v) is 4.62. The molecule has 2 saturated heterocycles. The summed E-state index contributed by atoms with van der Waals surface area (Å²) in [5.74, 6) is 0. The van der Waals surface area contributed by atoms with Crippen molar-refractivity contribution in [3.05, 3.63) is 0 Å². The molecule has 0 aliphatic carbocycles. The Bertz CT molecular complexity index is 131. The Labute approximate surface area is 72.8 Å². The fourth-order valence-electron chi connectivity index (χ4n) is 1.59. The molecule has 2 heterocycles. The normalized spacial score (nSPS) is 32.5. The van der Waals surface area contributed by atoms with Crippen LogP contribution in [0.3, 0.4) is 0 Å². The molecule has 0 saturated carbocycles. The van der Waals surface area contributed by atoms with Gasteiger partial charge in [-0.3, -0.25) is 0 Å². The summed E-state index contributed by atoms with van der Waals surface area (Å²) in [7, 11) is 0. The van der Waals surface area contributed by atoms with Crippen LogP contribution in [0.1, 0.15) is 6.42 Å². The fraction of sp³-hybridized carbons (Fsp3) is 1.00. The summed E-state index contributed by atoms with van der Waals surface area (Å²) < 4.78 is 10.5. The van der Waals surface area contributed by atoms with Crippen molar-refractivity contribution < 1.29 is 9.47 Å². The van der Waals surface area contributed by atoms with Crippen molar-refractivity contribution in [2.45, 2.75) is 12.5 Å². The van der Waals surface area contributed by atoms with Gasteiger partial charge in [0, 0.05) is 25.7 Å². The molecule has 1 unspecified atom stereocenters. The van der Waals surface area contributed by atoms with Gasteiger partial charge in [-0.25, -0.2) is 10.4 Å². The lowest BCUT2D eigenvalue weighted by Crippen LogP contribution is -2.50. The summed E-state index contributed by atoms with van der Waals surface area (Å²) in [4.78, 5) is 0. The van der Waals surface area contributed by atoms with Gasteiger partial charge in [-0.1, -0.05) is 0 Å². The highest BCUT2D eigenvalue weighted by atomic mass is 16.5. The summed E-state index contributed by atoms with van der Waals surface area (Å²) >= 11 is 0. The zero-order chi connectivity index (χ0) is 8.23. The Kier molecular flexibility index (Phi) is 2.94. The number of hydrogen-bond acceptors (Lipinski definition) is 4. The number of nitrogens with one attached hydrogen (secondary N) is 1. The van der Waals surface area contributed by atoms with Gasteiger partial charge in [0.15, 0.2) is 0 Å². The van der Waals surface area contributed by atoms with Crippen molar-refractivity contribution >= 4 is 0 Å². The van der Waals surface area contributed by atoms with Crippen LogP contribution in [0.15, 0.2) is 0 Å². The van der Waals surface area contributed by atoms with E-state index < -0.39 is 0 Å². The molecule has 0 aromatic heterocycles. The highest BCUT2D eigenvalue weighted by Gasteiger charge is 2.19. The van der Waals surface area contributed by atoms with Gasteiger partial charge in [0.2, 0.25) is 0 Å². The van der Waals surface area contributed by atoms with Crippen LogP contribution in [0, 0.1) is 0 Å². The molecule has 1 N–H and O–H groups in total. The second-order valence-corrected chi connectivity index (χ2v) is 3.29. The molecule has 0 bridgehead atoms. The van der Waals surface area contributed by atoms with Crippen LogP contribution in [0.5, 0.6) is 0 Å². The van der Waals surface area contributed by atoms with E-state index in [0.29, 0.717) is 6.04 Å². The van der Waals surface area contributed by atoms with E-state index in [0.717, 1.165) is 45.9 Å². The summed E-state index contributed by atoms with van der Waals surface area (Å²) in [5, 5.41) is 2.24. The smallest absolute Gasteiger partial charge is 0.0634 e. The molecule has 70 valence electrons. The highest BCUT2D eigenvalue weighted by molar-refractivity contribution is 4.71. The Morgan fingerprint density at radius 3 is 2.58 bits per heavy atom. The summed E-state index contributed by atoms with van der Waals surface area (Å²) in [5.41, 5.74) is 3.45. The zero-order valence-electron chi connectivity index (χ0n) is 7.29. The van der Waals surface area contributed by atoms with Gasteiger partial charge < -0.3 is 9.47 Å². The lowest BCUT2D eigenvalue weighted by molar-refractivity contribution is 0.00275. The summed E-state index contributed by atoms with van der Waals surface area (Å²) in [6.45, 7) is 5.45. The lowest BCUT2D eigenvalue weighted by atomic mass is 10.3. The van der Waals surface area contributed by atoms with Gasteiger partial charge in [0.05, 0.1) is 19.8 Å². The molecule has 0 spiro atoms. The van der Waals surface area contributed by atoms with Crippen LogP contribution in [0.2, 0.25) is 0 Å². The molecule has 0 aromatic carbocycles. The monoisotopic (exact) mass is 172 g/mol. The molecule has 0 radical (unpaired) electrons. The van der Waals surface area contributed by atoms with Crippen molar-refractivity contribution in [1.82, 2.24) is 10.4 Å². The average Bonchev–Trinajstić information content (AvgIpc) is 2.59. The average molecular weight is 172 g/mol. The van der Waals surface area contributed by atoms with Crippen LogP contribution in [0.4, 0.5) is 0 Å². The Morgan fingerprint density at radius 2 is 1.92 bits per heavy atom. The number of ether oxygens (including phenoxy) is 2. The molecule has 1 atom stereocenters. The second kappa shape index (κ2) is 4.18. The van der Waals surface area contributed by atoms with E-state index in [4.69, 9.17) is 9.47 Å². The fourth-order valence-corrected chi connectivity index (χ4v) is 1.59. The number of morpholine rings is 1. The molecule has 2 aliphatic heterocycles. The molecule has 4 nitrogen and oxygen atoms in total. The molecule has 4 heteroatoms. The molecule has 0 amide bonds. The standard InChI is InChI=1S/C8H16N2O2/c1-4-12-7-8(1)9-10-2-5-11-6-3-10/h8-9H,1-7H2. The molecule has 2 aliphatic rings. The first kappa shape index (κ1) is 8.44. The van der Waals surface area contributed by atoms with Crippen molar-refractivity contribution in [1.29, 1.82) is 0 Å². The second-order valence-electron chi connectivity index (χ2n) is 3.29. The predicted molar refractivity (Wildman–Crippen MR) is 44.8 cm³/mol. The van der Waals surface area contributed by atoms with Gasteiger partial charge in [-0.15, -0.1) is 0 Å². The summed E-state index contributed by atoms with van der Waals surface area (Å²) in [6.07, 6.45) is 1.14. The third-order valence-electron chi connectivity index (χ3n) is 2.31. The van der Waals surface area contributed by atoms with Crippen molar-refractivity contribution in [2.75, 3.05) is 39.5 Å². The Balaban J connectivity index is 1.69. The number of hydrogen-bond donors (Lipinski definition) is 1. The SMILES string of the molecule is C1CN(NC2CCOC2)CCO1. The topological polar surface area (TPSA) is 33.7 Å². The van der Waals surface area contributed by atoms with E-state index in [1.165, 1.54) is 0 Å². The molecular formula is C8H16N2O2. The highest BCUT2D eigenvalue weighted by Crippen LogP contribution is 2.04. The third kappa shape index (κ3) is 2.17. The van der Waals surface area contributed by atoms with E-state index in [1.807, 2.05) is 0 Å². The Morgan fingerprint density at radius 1 is 1.08 bits per heavy atom. The minimum atomic E-state index is 0.531. The summed E-state index contributed by atoms with van der Waals surface area (Å²) in [6, 6.07) is 0.531. The number of hydrazine groups is 1. The van der Waals surface area contributed by atoms with Crippen molar-refractivity contribution in [3.63, 3.8) is 0 Å². The van der Waals surface area contributed by atoms with Gasteiger partial charge in [0.1, 0.15) is 0 Å². The van der Waals surface area contributed by atoms with E-state index in [9.17, 15) is 0 Å². The maximum Gasteiger partial charge on any atom is 0.0634 e. The lowest BCUT2D eigenvalue weighted by Gasteiger charge is -2.29. The van der Waals surface area contributed by atoms with Gasteiger partial charge in [-0.05, 0) is 6.42 Å². The van der Waals surface area contributed by atoms with Crippen LogP contribution in [-0.4, -0.2) is 50.6 Å². The first-order valence-electron chi connectivity index (χ1n) is 4.62. The van der Waals surface area contributed by atoms with E-state index >= 15 is 0 Å². The first-order chi connectivity index (χ1) is 5.95. The van der Waals surface area contributed by atoms with Gasteiger partial charge in [-0.2, -0.15) is 0 Å². The molecule has 2 fully saturated rings. The van der Waals surface area contributed by atoms with Gasteiger partial charge >= 0.3 is 0 Å². The molecule has 0 aromatic rings. The van der Waals surface area contributed by atoms with E-state index in [1.54, 1.807) is 0 Å².